The summed E-state index contributed by atoms with van der Waals surface area (Å²) in [5.41, 5.74) is 8.89. The predicted molar refractivity (Wildman–Crippen MR) is 83.2 cm³/mol. The van der Waals surface area contributed by atoms with Gasteiger partial charge in [-0.1, -0.05) is 34.5 Å². The molecule has 0 radical (unpaired) electrons. The van der Waals surface area contributed by atoms with Gasteiger partial charge in [0.2, 0.25) is 0 Å². The van der Waals surface area contributed by atoms with Crippen LogP contribution in [0.1, 0.15) is 49.3 Å². The number of likely N-dealkylation sites (tertiary alicyclic amines) is 1. The van der Waals surface area contributed by atoms with Crippen LogP contribution in [0.5, 0.6) is 0 Å². The van der Waals surface area contributed by atoms with Crippen LogP contribution >= 0.6 is 15.9 Å². The third-order valence-corrected chi connectivity index (χ3v) is 5.50. The van der Waals surface area contributed by atoms with Crippen molar-refractivity contribution in [3.8, 4) is 0 Å². The lowest BCUT2D eigenvalue weighted by Crippen LogP contribution is -2.42. The largest absolute Gasteiger partial charge is 0.330 e. The fourth-order valence-corrected chi connectivity index (χ4v) is 4.45. The Kier molecular flexibility index (Phi) is 4.25. The molecule has 0 saturated carbocycles. The molecule has 3 rings (SSSR count). The molecule has 1 fully saturated rings. The fraction of sp³-hybridized carbons (Fsp3) is 0.625. The first kappa shape index (κ1) is 13.6. The molecule has 2 N–H and O–H groups in total. The minimum Gasteiger partial charge on any atom is -0.330 e. The van der Waals surface area contributed by atoms with Gasteiger partial charge >= 0.3 is 0 Å². The van der Waals surface area contributed by atoms with Gasteiger partial charge in [0.1, 0.15) is 0 Å². The van der Waals surface area contributed by atoms with E-state index in [-0.39, 0.29) is 0 Å². The van der Waals surface area contributed by atoms with Gasteiger partial charge in [-0.2, -0.15) is 0 Å². The van der Waals surface area contributed by atoms with Gasteiger partial charge in [0, 0.05) is 16.6 Å². The monoisotopic (exact) mass is 322 g/mol. The van der Waals surface area contributed by atoms with Gasteiger partial charge in [0.15, 0.2) is 0 Å². The van der Waals surface area contributed by atoms with Crippen molar-refractivity contribution in [2.75, 3.05) is 13.1 Å². The van der Waals surface area contributed by atoms with E-state index in [1.54, 1.807) is 5.56 Å². The number of rotatable bonds is 3. The van der Waals surface area contributed by atoms with Crippen LogP contribution in [0.2, 0.25) is 0 Å². The first-order valence-corrected chi connectivity index (χ1v) is 8.33. The molecule has 2 atom stereocenters. The Morgan fingerprint density at radius 1 is 1.26 bits per heavy atom. The molecule has 1 aromatic carbocycles. The van der Waals surface area contributed by atoms with Crippen LogP contribution in [-0.4, -0.2) is 24.0 Å². The Morgan fingerprint density at radius 2 is 2.16 bits per heavy atom. The van der Waals surface area contributed by atoms with E-state index < -0.39 is 0 Å². The van der Waals surface area contributed by atoms with Crippen molar-refractivity contribution in [3.05, 3.63) is 33.8 Å². The Bertz CT molecular complexity index is 444. The van der Waals surface area contributed by atoms with E-state index >= 15 is 0 Å². The molecule has 1 heterocycles. The number of benzene rings is 1. The van der Waals surface area contributed by atoms with Crippen molar-refractivity contribution < 1.29 is 0 Å². The summed E-state index contributed by atoms with van der Waals surface area (Å²) in [5, 5.41) is 0. The predicted octanol–water partition coefficient (Wildman–Crippen LogP) is 3.64. The summed E-state index contributed by atoms with van der Waals surface area (Å²) in [4.78, 5) is 2.74. The number of halogens is 1. The highest BCUT2D eigenvalue weighted by molar-refractivity contribution is 9.10. The first-order chi connectivity index (χ1) is 9.31. The molecule has 19 heavy (non-hydrogen) atoms. The molecular weight excluding hydrogens is 300 g/mol. The molecule has 2 nitrogen and oxygen atoms in total. The van der Waals surface area contributed by atoms with Crippen LogP contribution in [0.25, 0.3) is 0 Å². The van der Waals surface area contributed by atoms with Crippen LogP contribution in [0, 0.1) is 0 Å². The SMILES string of the molecule is NCCC1CCCCN1C1CCc2c(Br)cccc21. The van der Waals surface area contributed by atoms with Crippen molar-refractivity contribution in [1.29, 1.82) is 0 Å². The van der Waals surface area contributed by atoms with Crippen molar-refractivity contribution in [1.82, 2.24) is 4.90 Å². The quantitative estimate of drug-likeness (QED) is 0.920. The summed E-state index contributed by atoms with van der Waals surface area (Å²) >= 11 is 3.71. The van der Waals surface area contributed by atoms with Gasteiger partial charge in [0.05, 0.1) is 0 Å². The highest BCUT2D eigenvalue weighted by atomic mass is 79.9. The molecule has 0 bridgehead atoms. The maximum Gasteiger partial charge on any atom is 0.0357 e. The molecule has 2 aliphatic rings. The van der Waals surface area contributed by atoms with E-state index in [4.69, 9.17) is 5.73 Å². The normalized spacial score (nSPS) is 27.5. The standard InChI is InChI=1S/C16H23BrN2/c17-15-6-3-5-14-13(15)7-8-16(14)19-11-2-1-4-12(19)9-10-18/h3,5-6,12,16H,1-2,4,7-11,18H2. The lowest BCUT2D eigenvalue weighted by atomic mass is 9.95. The van der Waals surface area contributed by atoms with E-state index in [1.807, 2.05) is 0 Å². The maximum absolute atomic E-state index is 5.80. The Balaban J connectivity index is 1.85. The molecule has 1 aromatic rings. The zero-order chi connectivity index (χ0) is 13.2. The van der Waals surface area contributed by atoms with Gasteiger partial charge in [-0.15, -0.1) is 0 Å². The molecule has 3 heteroatoms. The van der Waals surface area contributed by atoms with E-state index in [0.717, 1.165) is 13.0 Å². The van der Waals surface area contributed by atoms with Gasteiger partial charge in [-0.25, -0.2) is 0 Å². The lowest BCUT2D eigenvalue weighted by Gasteiger charge is -2.40. The summed E-state index contributed by atoms with van der Waals surface area (Å²) in [6.45, 7) is 2.07. The second-order valence-corrected chi connectivity index (χ2v) is 6.68. The second kappa shape index (κ2) is 5.94. The second-order valence-electron chi connectivity index (χ2n) is 5.83. The Morgan fingerprint density at radius 3 is 3.00 bits per heavy atom. The van der Waals surface area contributed by atoms with Gasteiger partial charge in [-0.05, 0) is 62.4 Å². The summed E-state index contributed by atoms with van der Waals surface area (Å²) in [7, 11) is 0. The van der Waals surface area contributed by atoms with Crippen molar-refractivity contribution in [2.45, 2.75) is 50.6 Å². The third kappa shape index (κ3) is 2.61. The van der Waals surface area contributed by atoms with Gasteiger partial charge in [0.25, 0.3) is 0 Å². The zero-order valence-corrected chi connectivity index (χ0v) is 13.0. The van der Waals surface area contributed by atoms with E-state index in [0.29, 0.717) is 12.1 Å². The fourth-order valence-electron chi connectivity index (χ4n) is 3.87. The molecule has 2 unspecified atom stereocenters. The molecule has 0 aromatic heterocycles. The summed E-state index contributed by atoms with van der Waals surface area (Å²) in [6.07, 6.45) is 7.70. The van der Waals surface area contributed by atoms with E-state index in [1.165, 1.54) is 48.7 Å². The molecule has 1 aliphatic carbocycles. The summed E-state index contributed by atoms with van der Waals surface area (Å²) in [6, 6.07) is 8.02. The van der Waals surface area contributed by atoms with Gasteiger partial charge < -0.3 is 5.73 Å². The van der Waals surface area contributed by atoms with Crippen molar-refractivity contribution >= 4 is 15.9 Å². The van der Waals surface area contributed by atoms with E-state index in [2.05, 4.69) is 39.0 Å². The molecule has 104 valence electrons. The zero-order valence-electron chi connectivity index (χ0n) is 11.4. The van der Waals surface area contributed by atoms with Crippen LogP contribution < -0.4 is 5.73 Å². The number of fused-ring (bicyclic) bond motifs is 1. The first-order valence-electron chi connectivity index (χ1n) is 7.54. The highest BCUT2D eigenvalue weighted by Crippen LogP contribution is 2.41. The lowest BCUT2D eigenvalue weighted by molar-refractivity contribution is 0.0900. The molecule has 0 amide bonds. The third-order valence-electron chi connectivity index (χ3n) is 4.75. The van der Waals surface area contributed by atoms with Crippen molar-refractivity contribution in [2.24, 2.45) is 5.73 Å². The number of nitrogens with two attached hydrogens (primary N) is 1. The van der Waals surface area contributed by atoms with Crippen molar-refractivity contribution in [3.63, 3.8) is 0 Å². The minimum absolute atomic E-state index is 0.629. The maximum atomic E-state index is 5.80. The number of nitrogens with zero attached hydrogens (tertiary/aromatic N) is 1. The Labute approximate surface area is 124 Å². The average Bonchev–Trinajstić information content (AvgIpc) is 2.85. The van der Waals surface area contributed by atoms with Gasteiger partial charge in [-0.3, -0.25) is 4.90 Å². The van der Waals surface area contributed by atoms with Crippen LogP contribution in [0.4, 0.5) is 0 Å². The smallest absolute Gasteiger partial charge is 0.0357 e. The molecule has 1 aliphatic heterocycles. The minimum atomic E-state index is 0.629. The molecule has 0 spiro atoms. The number of piperidine rings is 1. The molecule has 1 saturated heterocycles. The molecular formula is C16H23BrN2. The summed E-state index contributed by atoms with van der Waals surface area (Å²) < 4.78 is 1.29. The van der Waals surface area contributed by atoms with Crippen LogP contribution in [0.15, 0.2) is 22.7 Å². The number of hydrogen-bond acceptors (Lipinski definition) is 2. The van der Waals surface area contributed by atoms with E-state index in [9.17, 15) is 0 Å². The van der Waals surface area contributed by atoms with Crippen LogP contribution in [-0.2, 0) is 6.42 Å². The average molecular weight is 323 g/mol. The summed E-state index contributed by atoms with van der Waals surface area (Å²) in [5.74, 6) is 0. The topological polar surface area (TPSA) is 29.3 Å². The Hall–Kier alpha value is -0.380. The highest BCUT2D eigenvalue weighted by Gasteiger charge is 2.33. The number of hydrogen-bond donors (Lipinski definition) is 1. The van der Waals surface area contributed by atoms with Crippen LogP contribution in [0.3, 0.4) is 0 Å².